The molecule has 0 N–H and O–H groups in total. The van der Waals surface area contributed by atoms with E-state index >= 15 is 0 Å². The van der Waals surface area contributed by atoms with Crippen LogP contribution in [0.4, 0.5) is 5.69 Å². The molecule has 0 radical (unpaired) electrons. The predicted molar refractivity (Wildman–Crippen MR) is 93.9 cm³/mol. The first-order chi connectivity index (χ1) is 10.7. The third-order valence-corrected chi connectivity index (χ3v) is 5.08. The van der Waals surface area contributed by atoms with E-state index in [9.17, 15) is 4.79 Å². The smallest absolute Gasteiger partial charge is 0.227 e. The molecule has 0 aliphatic carbocycles. The van der Waals surface area contributed by atoms with E-state index in [1.807, 2.05) is 41.3 Å². The van der Waals surface area contributed by atoms with Crippen LogP contribution in [0.5, 0.6) is 0 Å². The largest absolute Gasteiger partial charge is 0.312 e. The van der Waals surface area contributed by atoms with Gasteiger partial charge >= 0.3 is 0 Å². The van der Waals surface area contributed by atoms with Crippen LogP contribution in [0.15, 0.2) is 53.4 Å². The van der Waals surface area contributed by atoms with Crippen LogP contribution in [0.1, 0.15) is 18.4 Å². The topological polar surface area (TPSA) is 20.3 Å². The number of halogens is 1. The van der Waals surface area contributed by atoms with Crippen LogP contribution >= 0.6 is 23.4 Å². The van der Waals surface area contributed by atoms with Crippen LogP contribution in [0.25, 0.3) is 0 Å². The summed E-state index contributed by atoms with van der Waals surface area (Å²) in [6.45, 7) is 0.835. The van der Waals surface area contributed by atoms with Crippen molar-refractivity contribution in [2.45, 2.75) is 24.2 Å². The lowest BCUT2D eigenvalue weighted by Crippen LogP contribution is -2.35. The molecule has 0 saturated carbocycles. The number of amides is 1. The molecule has 0 fully saturated rings. The van der Waals surface area contributed by atoms with Crippen LogP contribution in [0.2, 0.25) is 5.02 Å². The molecular weight excluding hydrogens is 314 g/mol. The van der Waals surface area contributed by atoms with Crippen molar-refractivity contribution >= 4 is 35.0 Å². The highest BCUT2D eigenvalue weighted by Gasteiger charge is 2.21. The SMILES string of the molecule is O=C(CCSc1ccc(Cl)cc1)N1CCCc2ccccc21. The Morgan fingerprint density at radius 2 is 1.91 bits per heavy atom. The molecule has 22 heavy (non-hydrogen) atoms. The summed E-state index contributed by atoms with van der Waals surface area (Å²) in [5.74, 6) is 1.01. The van der Waals surface area contributed by atoms with Crippen LogP contribution < -0.4 is 4.90 Å². The molecule has 0 saturated heterocycles. The van der Waals surface area contributed by atoms with E-state index in [1.165, 1.54) is 5.56 Å². The summed E-state index contributed by atoms with van der Waals surface area (Å²) < 4.78 is 0. The average Bonchev–Trinajstić information content (AvgIpc) is 2.56. The molecule has 0 spiro atoms. The summed E-state index contributed by atoms with van der Waals surface area (Å²) in [5, 5.41) is 0.741. The van der Waals surface area contributed by atoms with Crippen molar-refractivity contribution in [3.05, 3.63) is 59.1 Å². The summed E-state index contributed by atoms with van der Waals surface area (Å²) in [5.41, 5.74) is 2.38. The molecule has 4 heteroatoms. The maximum absolute atomic E-state index is 12.5. The van der Waals surface area contributed by atoms with Gasteiger partial charge in [0, 0.05) is 34.3 Å². The van der Waals surface area contributed by atoms with Gasteiger partial charge in [-0.3, -0.25) is 4.79 Å². The maximum Gasteiger partial charge on any atom is 0.227 e. The highest BCUT2D eigenvalue weighted by molar-refractivity contribution is 7.99. The van der Waals surface area contributed by atoms with Crippen LogP contribution in [0, 0.1) is 0 Å². The average molecular weight is 332 g/mol. The molecule has 1 amide bonds. The fraction of sp³-hybridized carbons (Fsp3) is 0.278. The van der Waals surface area contributed by atoms with Crippen LogP contribution in [-0.4, -0.2) is 18.2 Å². The number of rotatable bonds is 4. The second kappa shape index (κ2) is 7.21. The number of thioether (sulfide) groups is 1. The van der Waals surface area contributed by atoms with Gasteiger partial charge < -0.3 is 4.90 Å². The van der Waals surface area contributed by atoms with Crippen LogP contribution in [0.3, 0.4) is 0 Å². The van der Waals surface area contributed by atoms with Crippen molar-refractivity contribution in [3.63, 3.8) is 0 Å². The van der Waals surface area contributed by atoms with Crippen molar-refractivity contribution in [1.82, 2.24) is 0 Å². The van der Waals surface area contributed by atoms with Gasteiger partial charge in [0.1, 0.15) is 0 Å². The van der Waals surface area contributed by atoms with Gasteiger partial charge in [0.25, 0.3) is 0 Å². The minimum atomic E-state index is 0.216. The lowest BCUT2D eigenvalue weighted by atomic mass is 10.0. The molecule has 3 rings (SSSR count). The second-order valence-electron chi connectivity index (χ2n) is 5.33. The molecule has 1 aliphatic heterocycles. The van der Waals surface area contributed by atoms with E-state index < -0.39 is 0 Å². The molecule has 0 aromatic heterocycles. The Labute approximate surface area is 140 Å². The van der Waals surface area contributed by atoms with Gasteiger partial charge in [0.05, 0.1) is 0 Å². The zero-order valence-electron chi connectivity index (χ0n) is 12.3. The summed E-state index contributed by atoms with van der Waals surface area (Å²) >= 11 is 7.57. The Morgan fingerprint density at radius 1 is 1.14 bits per heavy atom. The van der Waals surface area contributed by atoms with Gasteiger partial charge in [-0.25, -0.2) is 0 Å². The van der Waals surface area contributed by atoms with Gasteiger partial charge in [0.2, 0.25) is 5.91 Å². The molecule has 0 bridgehead atoms. The van der Waals surface area contributed by atoms with E-state index in [1.54, 1.807) is 11.8 Å². The first kappa shape index (κ1) is 15.4. The molecule has 0 unspecified atom stereocenters. The van der Waals surface area contributed by atoms with E-state index in [-0.39, 0.29) is 5.91 Å². The highest BCUT2D eigenvalue weighted by Crippen LogP contribution is 2.28. The molecule has 1 heterocycles. The number of anilines is 1. The van der Waals surface area contributed by atoms with E-state index in [0.717, 1.165) is 40.7 Å². The third kappa shape index (κ3) is 3.65. The number of fused-ring (bicyclic) bond motifs is 1. The Morgan fingerprint density at radius 3 is 2.73 bits per heavy atom. The molecule has 114 valence electrons. The quantitative estimate of drug-likeness (QED) is 0.750. The second-order valence-corrected chi connectivity index (χ2v) is 6.93. The summed E-state index contributed by atoms with van der Waals surface area (Å²) in [6.07, 6.45) is 2.67. The molecule has 1 aliphatic rings. The van der Waals surface area contributed by atoms with E-state index in [0.29, 0.717) is 6.42 Å². The van der Waals surface area contributed by atoms with Crippen molar-refractivity contribution in [2.24, 2.45) is 0 Å². The van der Waals surface area contributed by atoms with Crippen molar-refractivity contribution in [2.75, 3.05) is 17.2 Å². The fourth-order valence-corrected chi connectivity index (χ4v) is 3.68. The number of nitrogens with zero attached hydrogens (tertiary/aromatic N) is 1. The minimum Gasteiger partial charge on any atom is -0.312 e. The summed E-state index contributed by atoms with van der Waals surface area (Å²) in [6, 6.07) is 16.0. The Balaban J connectivity index is 1.58. The Bertz CT molecular complexity index is 656. The summed E-state index contributed by atoms with van der Waals surface area (Å²) in [4.78, 5) is 15.6. The molecule has 2 aromatic rings. The normalized spacial score (nSPS) is 13.8. The maximum atomic E-state index is 12.5. The number of aryl methyl sites for hydroxylation is 1. The molecule has 2 nitrogen and oxygen atoms in total. The van der Waals surface area contributed by atoms with Gasteiger partial charge in [-0.2, -0.15) is 0 Å². The molecule has 0 atom stereocenters. The fourth-order valence-electron chi connectivity index (χ4n) is 2.71. The Hall–Kier alpha value is -1.45. The molecular formula is C18H18ClNOS. The number of para-hydroxylation sites is 1. The number of hydrogen-bond acceptors (Lipinski definition) is 2. The van der Waals surface area contributed by atoms with E-state index in [4.69, 9.17) is 11.6 Å². The lowest BCUT2D eigenvalue weighted by molar-refractivity contribution is -0.118. The predicted octanol–water partition coefficient (Wildman–Crippen LogP) is 4.80. The zero-order chi connectivity index (χ0) is 15.4. The molecule has 2 aromatic carbocycles. The zero-order valence-corrected chi connectivity index (χ0v) is 13.9. The van der Waals surface area contributed by atoms with Crippen molar-refractivity contribution in [1.29, 1.82) is 0 Å². The van der Waals surface area contributed by atoms with Crippen molar-refractivity contribution < 1.29 is 4.79 Å². The van der Waals surface area contributed by atoms with Crippen LogP contribution in [-0.2, 0) is 11.2 Å². The number of benzene rings is 2. The highest BCUT2D eigenvalue weighted by atomic mass is 35.5. The number of carbonyl (C=O) groups excluding carboxylic acids is 1. The standard InChI is InChI=1S/C18H18ClNOS/c19-15-7-9-16(10-8-15)22-13-11-18(21)20-12-3-5-14-4-1-2-6-17(14)20/h1-2,4,6-10H,3,5,11-13H2. The van der Waals surface area contributed by atoms with Gasteiger partial charge in [-0.15, -0.1) is 11.8 Å². The Kier molecular flexibility index (Phi) is 5.06. The summed E-state index contributed by atoms with van der Waals surface area (Å²) in [7, 11) is 0. The van der Waals surface area contributed by atoms with Crippen molar-refractivity contribution in [3.8, 4) is 0 Å². The third-order valence-electron chi connectivity index (χ3n) is 3.81. The van der Waals surface area contributed by atoms with Gasteiger partial charge in [-0.1, -0.05) is 29.8 Å². The first-order valence-electron chi connectivity index (χ1n) is 7.51. The monoisotopic (exact) mass is 331 g/mol. The van der Waals surface area contributed by atoms with Gasteiger partial charge in [-0.05, 0) is 48.7 Å². The van der Waals surface area contributed by atoms with E-state index in [2.05, 4.69) is 12.1 Å². The van der Waals surface area contributed by atoms with Gasteiger partial charge in [0.15, 0.2) is 0 Å². The number of carbonyl (C=O) groups is 1. The first-order valence-corrected chi connectivity index (χ1v) is 8.87. The number of hydrogen-bond donors (Lipinski definition) is 0. The lowest BCUT2D eigenvalue weighted by Gasteiger charge is -2.29. The minimum absolute atomic E-state index is 0.216.